The number of hydrogen-bond donors (Lipinski definition) is 2. The lowest BCUT2D eigenvalue weighted by molar-refractivity contribution is -0.125. The predicted molar refractivity (Wildman–Crippen MR) is 102 cm³/mol. The van der Waals surface area contributed by atoms with Crippen LogP contribution in [-0.4, -0.2) is 30.4 Å². The maximum atomic E-state index is 12.8. The summed E-state index contributed by atoms with van der Waals surface area (Å²) in [6.45, 7) is 0.123. The van der Waals surface area contributed by atoms with Crippen molar-refractivity contribution in [1.82, 2.24) is 5.32 Å². The normalized spacial score (nSPS) is 31.1. The van der Waals surface area contributed by atoms with Crippen LogP contribution in [0.15, 0.2) is 24.3 Å². The fourth-order valence-corrected chi connectivity index (χ4v) is 5.26. The van der Waals surface area contributed by atoms with Gasteiger partial charge in [0.1, 0.15) is 6.54 Å². The summed E-state index contributed by atoms with van der Waals surface area (Å²) in [6.07, 6.45) is 7.81. The van der Waals surface area contributed by atoms with Crippen LogP contribution in [0.25, 0.3) is 0 Å². The highest BCUT2D eigenvalue weighted by atomic mass is 16.2. The largest absolute Gasteiger partial charge is 0.351 e. The molecule has 0 aromatic heterocycles. The van der Waals surface area contributed by atoms with Crippen LogP contribution < -0.4 is 16.0 Å². The fourth-order valence-electron chi connectivity index (χ4n) is 5.26. The molecule has 0 radical (unpaired) electrons. The molecule has 140 valence electrons. The molecule has 5 heteroatoms. The second-order valence-electron chi connectivity index (χ2n) is 8.24. The summed E-state index contributed by atoms with van der Waals surface area (Å²) in [6, 6.07) is 8.46. The smallest absolute Gasteiger partial charge is 0.240 e. The van der Waals surface area contributed by atoms with Gasteiger partial charge in [-0.3, -0.25) is 9.59 Å². The van der Waals surface area contributed by atoms with E-state index in [4.69, 9.17) is 5.73 Å². The molecule has 2 atom stereocenters. The number of hydrogen-bond acceptors (Lipinski definition) is 3. The van der Waals surface area contributed by atoms with Gasteiger partial charge in [-0.15, -0.1) is 0 Å². The van der Waals surface area contributed by atoms with Crippen LogP contribution in [0.2, 0.25) is 0 Å². The lowest BCUT2D eigenvalue weighted by Crippen LogP contribution is -2.55. The van der Waals surface area contributed by atoms with E-state index >= 15 is 0 Å². The summed E-state index contributed by atoms with van der Waals surface area (Å²) >= 11 is 0. The van der Waals surface area contributed by atoms with Crippen LogP contribution in [0, 0.1) is 11.8 Å². The maximum Gasteiger partial charge on any atom is 0.240 e. The van der Waals surface area contributed by atoms with Crippen LogP contribution in [0.4, 0.5) is 5.69 Å². The molecular formula is C21H29N3O2. The van der Waals surface area contributed by atoms with Crippen LogP contribution in [0.5, 0.6) is 0 Å². The standard InChI is InChI=1S/C21H29N3O2/c22-17-11-15-7-3-8-16(12-17)21(15)23-19(25)13-24-18-9-2-1-5-14(18)6-4-10-20(24)26/h1-2,5,9,15-17,21H,3-4,6-8,10-13,22H2,(H,23,25). The van der Waals surface area contributed by atoms with Crippen molar-refractivity contribution in [1.29, 1.82) is 0 Å². The van der Waals surface area contributed by atoms with Crippen molar-refractivity contribution >= 4 is 17.5 Å². The molecule has 0 saturated heterocycles. The Balaban J connectivity index is 1.47. The molecule has 3 N–H and O–H groups in total. The first-order chi connectivity index (χ1) is 12.6. The highest BCUT2D eigenvalue weighted by molar-refractivity contribution is 5.99. The van der Waals surface area contributed by atoms with Gasteiger partial charge in [0, 0.05) is 24.2 Å². The summed E-state index contributed by atoms with van der Waals surface area (Å²) in [5.41, 5.74) is 8.25. The molecule has 0 spiro atoms. The molecule has 2 amide bonds. The Bertz CT molecular complexity index is 676. The molecule has 5 nitrogen and oxygen atoms in total. The van der Waals surface area contributed by atoms with E-state index < -0.39 is 0 Å². The number of amides is 2. The fraction of sp³-hybridized carbons (Fsp3) is 0.619. The predicted octanol–water partition coefficient (Wildman–Crippen LogP) is 2.38. The number of para-hydroxylation sites is 1. The van der Waals surface area contributed by atoms with E-state index in [0.29, 0.717) is 18.3 Å². The first-order valence-corrected chi connectivity index (χ1v) is 10.0. The summed E-state index contributed by atoms with van der Waals surface area (Å²) < 4.78 is 0. The van der Waals surface area contributed by atoms with E-state index in [1.807, 2.05) is 18.2 Å². The molecule has 2 bridgehead atoms. The first kappa shape index (κ1) is 17.5. The SMILES string of the molecule is NC1CC2CCCC(C1)C2NC(=O)CN1C(=O)CCCc2ccccc21. The minimum Gasteiger partial charge on any atom is -0.351 e. The van der Waals surface area contributed by atoms with Crippen LogP contribution >= 0.6 is 0 Å². The van der Waals surface area contributed by atoms with Gasteiger partial charge in [0.25, 0.3) is 0 Å². The van der Waals surface area contributed by atoms with Crippen LogP contribution in [0.3, 0.4) is 0 Å². The number of aryl methyl sites for hydroxylation is 1. The molecule has 2 unspecified atom stereocenters. The number of benzene rings is 1. The van der Waals surface area contributed by atoms with Crippen molar-refractivity contribution < 1.29 is 9.59 Å². The number of rotatable bonds is 3. The average Bonchev–Trinajstić information content (AvgIpc) is 2.75. The van der Waals surface area contributed by atoms with Gasteiger partial charge < -0.3 is 16.0 Å². The Kier molecular flexibility index (Phi) is 4.98. The molecule has 1 aliphatic heterocycles. The highest BCUT2D eigenvalue weighted by Gasteiger charge is 2.40. The van der Waals surface area contributed by atoms with Crippen molar-refractivity contribution in [3.8, 4) is 0 Å². The van der Waals surface area contributed by atoms with Gasteiger partial charge in [-0.1, -0.05) is 24.6 Å². The zero-order valence-electron chi connectivity index (χ0n) is 15.3. The third-order valence-corrected chi connectivity index (χ3v) is 6.43. The summed E-state index contributed by atoms with van der Waals surface area (Å²) in [4.78, 5) is 27.1. The Labute approximate surface area is 155 Å². The molecule has 2 fully saturated rings. The van der Waals surface area contributed by atoms with Crippen molar-refractivity contribution in [3.05, 3.63) is 29.8 Å². The van der Waals surface area contributed by atoms with Crippen molar-refractivity contribution in [2.24, 2.45) is 17.6 Å². The molecule has 1 aromatic rings. The van der Waals surface area contributed by atoms with Crippen LogP contribution in [-0.2, 0) is 16.0 Å². The highest BCUT2D eigenvalue weighted by Crippen LogP contribution is 2.39. The lowest BCUT2D eigenvalue weighted by Gasteiger charge is -2.45. The van der Waals surface area contributed by atoms with Gasteiger partial charge in [-0.05, 0) is 62.0 Å². The summed E-state index contributed by atoms with van der Waals surface area (Å²) in [5.74, 6) is 1.01. The molecule has 1 aromatic carbocycles. The van der Waals surface area contributed by atoms with E-state index in [1.54, 1.807) is 4.90 Å². The maximum absolute atomic E-state index is 12.8. The van der Waals surface area contributed by atoms with Gasteiger partial charge in [0.05, 0.1) is 0 Å². The third kappa shape index (κ3) is 3.50. The topological polar surface area (TPSA) is 75.4 Å². The number of carbonyl (C=O) groups is 2. The van der Waals surface area contributed by atoms with Crippen molar-refractivity contribution in [3.63, 3.8) is 0 Å². The summed E-state index contributed by atoms with van der Waals surface area (Å²) in [5, 5.41) is 3.27. The Morgan fingerprint density at radius 3 is 2.62 bits per heavy atom. The van der Waals surface area contributed by atoms with Crippen LogP contribution in [0.1, 0.15) is 50.5 Å². The minimum absolute atomic E-state index is 0.0348. The number of nitrogens with zero attached hydrogens (tertiary/aromatic N) is 1. The number of anilines is 1. The van der Waals surface area contributed by atoms with E-state index in [0.717, 1.165) is 49.8 Å². The van der Waals surface area contributed by atoms with Gasteiger partial charge in [0.15, 0.2) is 0 Å². The van der Waals surface area contributed by atoms with Crippen molar-refractivity contribution in [2.45, 2.75) is 63.5 Å². The molecule has 26 heavy (non-hydrogen) atoms. The first-order valence-electron chi connectivity index (χ1n) is 10.0. The zero-order valence-corrected chi connectivity index (χ0v) is 15.3. The molecule has 4 rings (SSSR count). The quantitative estimate of drug-likeness (QED) is 0.874. The number of nitrogens with one attached hydrogen (secondary N) is 1. The Hall–Kier alpha value is -1.88. The zero-order chi connectivity index (χ0) is 18.1. The Morgan fingerprint density at radius 2 is 1.85 bits per heavy atom. The number of carbonyl (C=O) groups excluding carboxylic acids is 2. The molecule has 1 heterocycles. The van der Waals surface area contributed by atoms with E-state index in [1.165, 1.54) is 6.42 Å². The van der Waals surface area contributed by atoms with Crippen molar-refractivity contribution in [2.75, 3.05) is 11.4 Å². The molecular weight excluding hydrogens is 326 g/mol. The van der Waals surface area contributed by atoms with E-state index in [2.05, 4.69) is 11.4 Å². The molecule has 3 aliphatic rings. The monoisotopic (exact) mass is 355 g/mol. The molecule has 2 aliphatic carbocycles. The lowest BCUT2D eigenvalue weighted by atomic mass is 9.67. The second-order valence-corrected chi connectivity index (χ2v) is 8.24. The van der Waals surface area contributed by atoms with E-state index in [9.17, 15) is 9.59 Å². The minimum atomic E-state index is -0.0348. The number of fused-ring (bicyclic) bond motifs is 3. The second kappa shape index (κ2) is 7.39. The number of nitrogens with two attached hydrogens (primary N) is 1. The third-order valence-electron chi connectivity index (χ3n) is 6.43. The summed E-state index contributed by atoms with van der Waals surface area (Å²) in [7, 11) is 0. The average molecular weight is 355 g/mol. The Morgan fingerprint density at radius 1 is 1.12 bits per heavy atom. The van der Waals surface area contributed by atoms with Gasteiger partial charge in [-0.25, -0.2) is 0 Å². The molecule has 2 saturated carbocycles. The van der Waals surface area contributed by atoms with Gasteiger partial charge >= 0.3 is 0 Å². The van der Waals surface area contributed by atoms with E-state index in [-0.39, 0.29) is 30.4 Å². The van der Waals surface area contributed by atoms with Gasteiger partial charge in [-0.2, -0.15) is 0 Å². The van der Waals surface area contributed by atoms with Gasteiger partial charge in [0.2, 0.25) is 11.8 Å².